The molecule has 0 radical (unpaired) electrons. The Morgan fingerprint density at radius 3 is 1.79 bits per heavy atom. The summed E-state index contributed by atoms with van der Waals surface area (Å²) in [5.41, 5.74) is 1.85. The van der Waals surface area contributed by atoms with Crippen LogP contribution in [-0.2, 0) is 5.41 Å². The smallest absolute Gasteiger partial charge is 0.211 e. The minimum absolute atomic E-state index is 0.0351. The van der Waals surface area contributed by atoms with E-state index in [0.717, 1.165) is 11.1 Å². The third-order valence-electron chi connectivity index (χ3n) is 4.49. The van der Waals surface area contributed by atoms with Gasteiger partial charge in [-0.2, -0.15) is 0 Å². The Morgan fingerprint density at radius 1 is 0.893 bits per heavy atom. The number of alkyl halides is 1. The molecule has 0 bridgehead atoms. The van der Waals surface area contributed by atoms with Crippen LogP contribution in [0, 0.1) is 0 Å². The largest absolute Gasteiger partial charge is 0.491 e. The maximum atomic E-state index is 9.48. The highest BCUT2D eigenvalue weighted by Crippen LogP contribution is 2.33. The quantitative estimate of drug-likeness (QED) is 0.353. The summed E-state index contributed by atoms with van der Waals surface area (Å²) in [5, 5.41) is 37.1. The summed E-state index contributed by atoms with van der Waals surface area (Å²) in [6, 6.07) is 15.0. The summed E-state index contributed by atoms with van der Waals surface area (Å²) in [6.07, 6.45) is -0.900. The molecule has 0 aromatic heterocycles. The van der Waals surface area contributed by atoms with E-state index in [9.17, 15) is 15.3 Å². The number of halogens is 1. The summed E-state index contributed by atoms with van der Waals surface area (Å²) >= 11 is 5.45. The molecule has 0 saturated heterocycles. The van der Waals surface area contributed by atoms with Gasteiger partial charge in [0.05, 0.1) is 12.5 Å². The minimum Gasteiger partial charge on any atom is -0.491 e. The van der Waals surface area contributed by atoms with E-state index in [4.69, 9.17) is 26.2 Å². The SMILES string of the molecule is CC(C)(c1ccc(OC[C@H](O)CO)cc1)c1ccc(OCC(O)(O)CCl)cc1. The molecule has 0 unspecified atom stereocenters. The molecule has 4 N–H and O–H groups in total. The Labute approximate surface area is 169 Å². The standard InChI is InChI=1S/C21H27ClO6/c1-20(2,15-3-7-18(8-4-15)27-12-17(24)11-23)16-5-9-19(10-6-16)28-14-21(25,26)13-22/h3-10,17,23-26H,11-14H2,1-2H3/t17-/m1/s1. The van der Waals surface area contributed by atoms with Gasteiger partial charge in [0.1, 0.15) is 30.8 Å². The van der Waals surface area contributed by atoms with Crippen molar-refractivity contribution in [2.45, 2.75) is 31.2 Å². The van der Waals surface area contributed by atoms with Crippen LogP contribution < -0.4 is 9.47 Å². The zero-order valence-corrected chi connectivity index (χ0v) is 16.8. The predicted molar refractivity (Wildman–Crippen MR) is 107 cm³/mol. The van der Waals surface area contributed by atoms with Crippen LogP contribution in [0.5, 0.6) is 11.5 Å². The molecule has 0 amide bonds. The molecule has 0 aliphatic carbocycles. The lowest BCUT2D eigenvalue weighted by Crippen LogP contribution is -2.37. The molecule has 2 aromatic carbocycles. The van der Waals surface area contributed by atoms with Gasteiger partial charge in [-0.05, 0) is 35.4 Å². The lowest BCUT2D eigenvalue weighted by Gasteiger charge is -2.27. The first kappa shape index (κ1) is 22.5. The third kappa shape index (κ3) is 6.09. The van der Waals surface area contributed by atoms with Gasteiger partial charge >= 0.3 is 0 Å². The Hall–Kier alpha value is -1.83. The van der Waals surface area contributed by atoms with E-state index in [1.807, 2.05) is 36.4 Å². The van der Waals surface area contributed by atoms with E-state index in [2.05, 4.69) is 13.8 Å². The van der Waals surface area contributed by atoms with Crippen molar-refractivity contribution in [2.24, 2.45) is 0 Å². The Morgan fingerprint density at radius 2 is 1.36 bits per heavy atom. The van der Waals surface area contributed by atoms with Crippen LogP contribution in [0.3, 0.4) is 0 Å². The zero-order valence-electron chi connectivity index (χ0n) is 16.0. The number of hydrogen-bond acceptors (Lipinski definition) is 6. The second kappa shape index (κ2) is 9.58. The third-order valence-corrected chi connectivity index (χ3v) is 4.92. The number of hydrogen-bond donors (Lipinski definition) is 4. The van der Waals surface area contributed by atoms with Gasteiger partial charge in [-0.1, -0.05) is 38.1 Å². The second-order valence-corrected chi connectivity index (χ2v) is 7.49. The molecule has 2 rings (SSSR count). The van der Waals surface area contributed by atoms with Crippen molar-refractivity contribution >= 4 is 11.6 Å². The molecule has 0 spiro atoms. The highest BCUT2D eigenvalue weighted by atomic mass is 35.5. The van der Waals surface area contributed by atoms with Crippen molar-refractivity contribution in [3.8, 4) is 11.5 Å². The number of aliphatic hydroxyl groups is 4. The van der Waals surface area contributed by atoms with Crippen LogP contribution in [0.4, 0.5) is 0 Å². The molecule has 28 heavy (non-hydrogen) atoms. The summed E-state index contributed by atoms with van der Waals surface area (Å²) < 4.78 is 10.8. The van der Waals surface area contributed by atoms with E-state index in [1.165, 1.54) is 0 Å². The van der Waals surface area contributed by atoms with Gasteiger partial charge in [0.2, 0.25) is 5.79 Å². The molecule has 0 aliphatic rings. The highest BCUT2D eigenvalue weighted by Gasteiger charge is 2.24. The van der Waals surface area contributed by atoms with Gasteiger partial charge in [0.25, 0.3) is 0 Å². The Bertz CT molecular complexity index is 728. The fourth-order valence-electron chi connectivity index (χ4n) is 2.58. The fourth-order valence-corrected chi connectivity index (χ4v) is 2.66. The Kier molecular flexibility index (Phi) is 7.69. The molecule has 6 nitrogen and oxygen atoms in total. The minimum atomic E-state index is -2.06. The fraction of sp³-hybridized carbons (Fsp3) is 0.429. The van der Waals surface area contributed by atoms with Crippen LogP contribution in [0.25, 0.3) is 0 Å². The van der Waals surface area contributed by atoms with Crippen molar-refractivity contribution in [3.63, 3.8) is 0 Å². The maximum Gasteiger partial charge on any atom is 0.211 e. The van der Waals surface area contributed by atoms with E-state index < -0.39 is 11.9 Å². The monoisotopic (exact) mass is 410 g/mol. The number of benzene rings is 2. The van der Waals surface area contributed by atoms with Gasteiger partial charge in [0.15, 0.2) is 0 Å². The normalized spacial score (nSPS) is 13.2. The number of aliphatic hydroxyl groups excluding tert-OH is 2. The zero-order chi connectivity index (χ0) is 20.8. The average molecular weight is 411 g/mol. The van der Waals surface area contributed by atoms with Crippen molar-refractivity contribution in [3.05, 3.63) is 59.7 Å². The Balaban J connectivity index is 2.05. The van der Waals surface area contributed by atoms with E-state index in [1.54, 1.807) is 12.1 Å². The van der Waals surface area contributed by atoms with Crippen molar-refractivity contribution < 1.29 is 29.9 Å². The highest BCUT2D eigenvalue weighted by molar-refractivity contribution is 6.18. The molecule has 2 aromatic rings. The summed E-state index contributed by atoms with van der Waals surface area (Å²) in [4.78, 5) is 0. The lowest BCUT2D eigenvalue weighted by atomic mass is 9.78. The number of ether oxygens (including phenoxy) is 2. The van der Waals surface area contributed by atoms with Gasteiger partial charge in [0, 0.05) is 5.41 Å². The molecule has 0 heterocycles. The number of rotatable bonds is 10. The van der Waals surface area contributed by atoms with Gasteiger partial charge < -0.3 is 29.9 Å². The molecular formula is C21H27ClO6. The van der Waals surface area contributed by atoms with Crippen molar-refractivity contribution in [2.75, 3.05) is 25.7 Å². The molecule has 0 aliphatic heterocycles. The van der Waals surface area contributed by atoms with Gasteiger partial charge in [-0.25, -0.2) is 0 Å². The van der Waals surface area contributed by atoms with E-state index in [-0.39, 0.29) is 31.1 Å². The average Bonchev–Trinajstić information content (AvgIpc) is 2.71. The lowest BCUT2D eigenvalue weighted by molar-refractivity contribution is -0.162. The first-order chi connectivity index (χ1) is 13.2. The first-order valence-corrected chi connectivity index (χ1v) is 9.48. The molecular weight excluding hydrogens is 384 g/mol. The molecule has 154 valence electrons. The van der Waals surface area contributed by atoms with Crippen LogP contribution in [-0.4, -0.2) is 58.0 Å². The summed E-state index contributed by atoms with van der Waals surface area (Å²) in [6.45, 7) is 3.57. The van der Waals surface area contributed by atoms with Crippen LogP contribution in [0.1, 0.15) is 25.0 Å². The molecule has 1 atom stereocenters. The van der Waals surface area contributed by atoms with Crippen molar-refractivity contribution in [1.82, 2.24) is 0 Å². The van der Waals surface area contributed by atoms with Crippen LogP contribution >= 0.6 is 11.6 Å². The van der Waals surface area contributed by atoms with Crippen LogP contribution in [0.15, 0.2) is 48.5 Å². The topological polar surface area (TPSA) is 99.4 Å². The van der Waals surface area contributed by atoms with Crippen molar-refractivity contribution in [1.29, 1.82) is 0 Å². The predicted octanol–water partition coefficient (Wildman–Crippen LogP) is 2.04. The van der Waals surface area contributed by atoms with E-state index >= 15 is 0 Å². The van der Waals surface area contributed by atoms with E-state index in [0.29, 0.717) is 11.5 Å². The summed E-state index contributed by atoms with van der Waals surface area (Å²) in [7, 11) is 0. The van der Waals surface area contributed by atoms with Gasteiger partial charge in [-0.3, -0.25) is 0 Å². The van der Waals surface area contributed by atoms with Crippen LogP contribution in [0.2, 0.25) is 0 Å². The maximum absolute atomic E-state index is 9.48. The molecule has 7 heteroatoms. The molecule has 0 saturated carbocycles. The van der Waals surface area contributed by atoms with Gasteiger partial charge in [-0.15, -0.1) is 11.6 Å². The first-order valence-electron chi connectivity index (χ1n) is 8.94. The summed E-state index contributed by atoms with van der Waals surface area (Å²) in [5.74, 6) is -1.26. The molecule has 0 fully saturated rings. The second-order valence-electron chi connectivity index (χ2n) is 7.23.